The summed E-state index contributed by atoms with van der Waals surface area (Å²) in [7, 11) is 0. The average molecular weight is 382 g/mol. The molecule has 0 atom stereocenters. The van der Waals surface area contributed by atoms with Crippen LogP contribution in [0.5, 0.6) is 0 Å². The number of nitrogens with one attached hydrogen (secondary N) is 1. The Hall–Kier alpha value is -1.27. The fourth-order valence-corrected chi connectivity index (χ4v) is 4.12. The number of rotatable bonds is 5. The summed E-state index contributed by atoms with van der Waals surface area (Å²) in [6.07, 6.45) is 0. The molecule has 0 bridgehead atoms. The predicted octanol–water partition coefficient (Wildman–Crippen LogP) is 5.67. The molecule has 7 heteroatoms. The minimum atomic E-state index is 0.586. The van der Waals surface area contributed by atoms with E-state index in [9.17, 15) is 0 Å². The average Bonchev–Trinajstić information content (AvgIpc) is 2.92. The molecule has 23 heavy (non-hydrogen) atoms. The summed E-state index contributed by atoms with van der Waals surface area (Å²) >= 11 is 19.4. The highest BCUT2D eigenvalue weighted by Crippen LogP contribution is 2.29. The molecule has 0 aliphatic heterocycles. The van der Waals surface area contributed by atoms with Gasteiger partial charge < -0.3 is 0 Å². The summed E-state index contributed by atoms with van der Waals surface area (Å²) < 4.78 is 2.53. The Balaban J connectivity index is 1.76. The highest BCUT2D eigenvalue weighted by atomic mass is 35.5. The Bertz CT molecular complexity index is 839. The summed E-state index contributed by atoms with van der Waals surface area (Å²) in [5.74, 6) is 2.28. The van der Waals surface area contributed by atoms with Crippen LogP contribution in [0.15, 0.2) is 48.5 Å². The molecule has 0 amide bonds. The van der Waals surface area contributed by atoms with Crippen molar-refractivity contribution in [3.05, 3.63) is 74.7 Å². The molecule has 0 radical (unpaired) electrons. The summed E-state index contributed by atoms with van der Waals surface area (Å²) in [6.45, 7) is 0. The summed E-state index contributed by atoms with van der Waals surface area (Å²) in [6, 6.07) is 15.5. The van der Waals surface area contributed by atoms with E-state index in [0.717, 1.165) is 17.1 Å². The van der Waals surface area contributed by atoms with E-state index in [1.165, 1.54) is 0 Å². The Labute approximate surface area is 153 Å². The van der Waals surface area contributed by atoms with Crippen molar-refractivity contribution in [2.45, 2.75) is 11.5 Å². The van der Waals surface area contributed by atoms with Crippen LogP contribution in [0, 0.1) is 4.77 Å². The van der Waals surface area contributed by atoms with Gasteiger partial charge in [-0.05, 0) is 42.0 Å². The largest absolute Gasteiger partial charge is 0.271 e. The zero-order valence-electron chi connectivity index (χ0n) is 12.0. The SMILES string of the molecule is S=c1[nH]nc(CSCc2c(Cl)cccc2Cl)n1-c1ccccc1. The summed E-state index contributed by atoms with van der Waals surface area (Å²) in [5, 5.41) is 8.56. The third-order valence-corrected chi connectivity index (χ3v) is 5.23. The maximum absolute atomic E-state index is 6.20. The molecule has 0 aliphatic rings. The second-order valence-electron chi connectivity index (χ2n) is 4.81. The van der Waals surface area contributed by atoms with E-state index in [1.54, 1.807) is 11.8 Å². The van der Waals surface area contributed by atoms with Crippen molar-refractivity contribution < 1.29 is 0 Å². The maximum atomic E-state index is 6.20. The minimum absolute atomic E-state index is 0.586. The first-order valence-electron chi connectivity index (χ1n) is 6.89. The summed E-state index contributed by atoms with van der Waals surface area (Å²) in [4.78, 5) is 0. The number of aromatic amines is 1. The normalized spacial score (nSPS) is 10.9. The standard InChI is InChI=1S/C16H13Cl2N3S2/c17-13-7-4-8-14(18)12(13)9-23-10-15-19-20-16(22)21(15)11-5-2-1-3-6-11/h1-8H,9-10H2,(H,20,22). The topological polar surface area (TPSA) is 33.6 Å². The lowest BCUT2D eigenvalue weighted by Crippen LogP contribution is -2.00. The molecule has 0 aliphatic carbocycles. The highest BCUT2D eigenvalue weighted by Gasteiger charge is 2.10. The zero-order chi connectivity index (χ0) is 16.2. The van der Waals surface area contributed by atoms with Crippen molar-refractivity contribution in [3.63, 3.8) is 0 Å². The molecule has 0 spiro atoms. The molecule has 2 aromatic carbocycles. The predicted molar refractivity (Wildman–Crippen MR) is 100 cm³/mol. The number of nitrogens with zero attached hydrogens (tertiary/aromatic N) is 2. The number of hydrogen-bond donors (Lipinski definition) is 1. The van der Waals surface area contributed by atoms with Crippen molar-refractivity contribution in [3.8, 4) is 5.69 Å². The summed E-state index contributed by atoms with van der Waals surface area (Å²) in [5.41, 5.74) is 1.94. The first-order valence-corrected chi connectivity index (χ1v) is 9.21. The van der Waals surface area contributed by atoms with Crippen molar-refractivity contribution in [2.75, 3.05) is 0 Å². The van der Waals surface area contributed by atoms with E-state index in [0.29, 0.717) is 26.3 Å². The van der Waals surface area contributed by atoms with E-state index >= 15 is 0 Å². The van der Waals surface area contributed by atoms with Gasteiger partial charge in [0.25, 0.3) is 0 Å². The number of benzene rings is 2. The fraction of sp³-hybridized carbons (Fsp3) is 0.125. The van der Waals surface area contributed by atoms with Gasteiger partial charge in [-0.1, -0.05) is 47.5 Å². The van der Waals surface area contributed by atoms with Gasteiger partial charge >= 0.3 is 0 Å². The van der Waals surface area contributed by atoms with E-state index < -0.39 is 0 Å². The first kappa shape index (κ1) is 16.6. The van der Waals surface area contributed by atoms with Gasteiger partial charge in [0.2, 0.25) is 0 Å². The van der Waals surface area contributed by atoms with Crippen LogP contribution in [0.25, 0.3) is 5.69 Å². The molecule has 3 nitrogen and oxygen atoms in total. The van der Waals surface area contributed by atoms with Crippen molar-refractivity contribution in [2.24, 2.45) is 0 Å². The molecule has 0 saturated heterocycles. The van der Waals surface area contributed by atoms with E-state index in [4.69, 9.17) is 35.4 Å². The first-order chi connectivity index (χ1) is 11.2. The number of hydrogen-bond acceptors (Lipinski definition) is 3. The van der Waals surface area contributed by atoms with Gasteiger partial charge in [-0.2, -0.15) is 5.10 Å². The maximum Gasteiger partial charge on any atom is 0.199 e. The van der Waals surface area contributed by atoms with Gasteiger partial charge in [-0.15, -0.1) is 11.8 Å². The zero-order valence-corrected chi connectivity index (χ0v) is 15.1. The van der Waals surface area contributed by atoms with Gasteiger partial charge in [-0.3, -0.25) is 9.67 Å². The fourth-order valence-electron chi connectivity index (χ4n) is 2.18. The molecule has 0 fully saturated rings. The molecule has 1 heterocycles. The number of H-pyrrole nitrogens is 1. The Morgan fingerprint density at radius 3 is 2.39 bits per heavy atom. The monoisotopic (exact) mass is 381 g/mol. The Kier molecular flexibility index (Phi) is 5.43. The molecule has 118 valence electrons. The highest BCUT2D eigenvalue weighted by molar-refractivity contribution is 7.97. The Morgan fingerprint density at radius 1 is 1.00 bits per heavy atom. The van der Waals surface area contributed by atoms with Gasteiger partial charge in [0.15, 0.2) is 4.77 Å². The lowest BCUT2D eigenvalue weighted by molar-refractivity contribution is 0.949. The van der Waals surface area contributed by atoms with E-state index in [-0.39, 0.29) is 0 Å². The third-order valence-electron chi connectivity index (χ3n) is 3.30. The Morgan fingerprint density at radius 2 is 1.70 bits per heavy atom. The van der Waals surface area contributed by atoms with Crippen LogP contribution in [0.1, 0.15) is 11.4 Å². The van der Waals surface area contributed by atoms with Crippen LogP contribution in [0.2, 0.25) is 10.0 Å². The third kappa shape index (κ3) is 3.80. The molecular formula is C16H13Cl2N3S2. The molecule has 0 unspecified atom stereocenters. The van der Waals surface area contributed by atoms with Crippen LogP contribution >= 0.6 is 47.2 Å². The van der Waals surface area contributed by atoms with Gasteiger partial charge in [0.05, 0.1) is 5.75 Å². The lowest BCUT2D eigenvalue weighted by Gasteiger charge is -2.08. The van der Waals surface area contributed by atoms with Crippen LogP contribution in [-0.4, -0.2) is 14.8 Å². The number of aromatic nitrogens is 3. The van der Waals surface area contributed by atoms with Crippen LogP contribution in [-0.2, 0) is 11.5 Å². The molecule has 3 aromatic rings. The van der Waals surface area contributed by atoms with Crippen molar-refractivity contribution in [1.29, 1.82) is 0 Å². The van der Waals surface area contributed by atoms with Crippen molar-refractivity contribution >= 4 is 47.2 Å². The second kappa shape index (κ2) is 7.53. The molecule has 3 rings (SSSR count). The molecule has 1 N–H and O–H groups in total. The molecule has 1 aromatic heterocycles. The van der Waals surface area contributed by atoms with E-state index in [2.05, 4.69) is 10.2 Å². The lowest BCUT2D eigenvalue weighted by atomic mass is 10.2. The van der Waals surface area contributed by atoms with Crippen molar-refractivity contribution in [1.82, 2.24) is 14.8 Å². The number of halogens is 2. The quantitative estimate of drug-likeness (QED) is 0.577. The number of para-hydroxylation sites is 1. The van der Waals surface area contributed by atoms with Gasteiger partial charge in [0, 0.05) is 21.5 Å². The van der Waals surface area contributed by atoms with E-state index in [1.807, 2.05) is 53.1 Å². The number of thioether (sulfide) groups is 1. The smallest absolute Gasteiger partial charge is 0.199 e. The minimum Gasteiger partial charge on any atom is -0.271 e. The van der Waals surface area contributed by atoms with Crippen LogP contribution in [0.3, 0.4) is 0 Å². The van der Waals surface area contributed by atoms with Gasteiger partial charge in [-0.25, -0.2) is 0 Å². The van der Waals surface area contributed by atoms with Crippen LogP contribution < -0.4 is 0 Å². The molecule has 0 saturated carbocycles. The van der Waals surface area contributed by atoms with Gasteiger partial charge in [0.1, 0.15) is 5.82 Å². The molecular weight excluding hydrogens is 369 g/mol. The second-order valence-corrected chi connectivity index (χ2v) is 7.00. The van der Waals surface area contributed by atoms with Crippen LogP contribution in [0.4, 0.5) is 0 Å².